The first-order valence-electron chi connectivity index (χ1n) is 9.82. The molecule has 0 aliphatic rings. The molecule has 1 N–H and O–H groups in total. The molecule has 0 aromatic heterocycles. The Morgan fingerprint density at radius 3 is 1.50 bits per heavy atom. The molecular formula is C26H24BrO2P. The van der Waals surface area contributed by atoms with Gasteiger partial charge in [0.25, 0.3) is 0 Å². The van der Waals surface area contributed by atoms with Gasteiger partial charge in [-0.3, -0.25) is 0 Å². The third-order valence-corrected chi connectivity index (χ3v) is 15.1. The number of hydrogen-bond donors (Lipinski definition) is 1. The third kappa shape index (κ3) is 3.43. The molecule has 0 spiro atoms. The second-order valence-corrected chi connectivity index (χ2v) is 16.3. The van der Waals surface area contributed by atoms with Crippen molar-refractivity contribution in [3.63, 3.8) is 0 Å². The van der Waals surface area contributed by atoms with E-state index in [-0.39, 0.29) is 5.75 Å². The number of halogens is 1. The van der Waals surface area contributed by atoms with E-state index >= 15 is 0 Å². The number of rotatable bonds is 6. The van der Waals surface area contributed by atoms with Crippen LogP contribution in [0.4, 0.5) is 0 Å². The van der Waals surface area contributed by atoms with Crippen LogP contribution in [0.5, 0.6) is 11.5 Å². The first-order valence-corrected chi connectivity index (χ1v) is 14.3. The number of aromatic hydroxyl groups is 1. The van der Waals surface area contributed by atoms with Gasteiger partial charge in [-0.1, -0.05) is 0 Å². The zero-order chi connectivity index (χ0) is 21.1. The fourth-order valence-electron chi connectivity index (χ4n) is 4.06. The predicted octanol–water partition coefficient (Wildman–Crippen LogP) is 5.74. The molecule has 0 unspecified atom stereocenters. The van der Waals surface area contributed by atoms with Crippen LogP contribution in [0, 0.1) is 0 Å². The van der Waals surface area contributed by atoms with Crippen LogP contribution in [0.15, 0.2) is 109 Å². The van der Waals surface area contributed by atoms with Gasteiger partial charge in [-0.15, -0.1) is 0 Å². The summed E-state index contributed by atoms with van der Waals surface area (Å²) in [5.41, 5.74) is 0.877. The Labute approximate surface area is 185 Å². The molecule has 0 saturated carbocycles. The molecule has 0 aliphatic heterocycles. The number of benzene rings is 4. The van der Waals surface area contributed by atoms with Crippen molar-refractivity contribution in [2.75, 3.05) is 7.11 Å². The molecule has 4 heteroatoms. The summed E-state index contributed by atoms with van der Waals surface area (Å²) in [5, 5.41) is 11.4. The fraction of sp³-hybridized carbons (Fsp3) is 0.0769. The molecule has 152 valence electrons. The van der Waals surface area contributed by atoms with Crippen molar-refractivity contribution >= 4 is 36.7 Å². The quantitative estimate of drug-likeness (QED) is 0.358. The molecule has 0 saturated heterocycles. The molecule has 4 rings (SSSR count). The van der Waals surface area contributed by atoms with Gasteiger partial charge < -0.3 is 0 Å². The van der Waals surface area contributed by atoms with Crippen LogP contribution in [0.1, 0.15) is 5.56 Å². The van der Waals surface area contributed by atoms with Crippen molar-refractivity contribution in [3.05, 3.63) is 115 Å². The van der Waals surface area contributed by atoms with E-state index in [2.05, 4.69) is 88.3 Å². The fourth-order valence-corrected chi connectivity index (χ4v) is 11.7. The van der Waals surface area contributed by atoms with Crippen LogP contribution in [-0.2, 0) is 6.16 Å². The minimum atomic E-state index is -3.13. The Kier molecular flexibility index (Phi) is 5.69. The molecule has 0 radical (unpaired) electrons. The number of phenolic OH excluding ortho intramolecular Hbond substituents is 1. The van der Waals surface area contributed by atoms with Crippen LogP contribution in [-0.4, -0.2) is 12.2 Å². The van der Waals surface area contributed by atoms with Gasteiger partial charge in [-0.05, 0) is 0 Å². The van der Waals surface area contributed by atoms with Crippen molar-refractivity contribution < 1.29 is 9.84 Å². The van der Waals surface area contributed by atoms with E-state index in [0.29, 0.717) is 11.9 Å². The van der Waals surface area contributed by atoms with Gasteiger partial charge in [0.2, 0.25) is 0 Å². The third-order valence-electron chi connectivity index (χ3n) is 5.64. The Morgan fingerprint density at radius 1 is 0.700 bits per heavy atom. The summed E-state index contributed by atoms with van der Waals surface area (Å²) in [6.07, 6.45) is 0.638. The molecule has 4 aromatic carbocycles. The number of ether oxygens (including phenoxy) is 1. The van der Waals surface area contributed by atoms with E-state index in [1.165, 1.54) is 15.9 Å². The molecule has 2 nitrogen and oxygen atoms in total. The summed E-state index contributed by atoms with van der Waals surface area (Å²) in [7, 11) is 1.61. The minimum absolute atomic E-state index is 0.241. The van der Waals surface area contributed by atoms with Gasteiger partial charge in [0, 0.05) is 0 Å². The van der Waals surface area contributed by atoms with Crippen molar-refractivity contribution in [1.29, 1.82) is 0 Å². The Balaban J connectivity index is 2.06. The molecule has 4 aromatic rings. The van der Waals surface area contributed by atoms with Crippen molar-refractivity contribution in [1.82, 2.24) is 0 Å². The number of methoxy groups -OCH3 is 1. The van der Waals surface area contributed by atoms with Gasteiger partial charge in [-0.2, -0.15) is 0 Å². The summed E-state index contributed by atoms with van der Waals surface area (Å²) >= 11 is 4.41. The Morgan fingerprint density at radius 2 is 1.13 bits per heavy atom. The zero-order valence-electron chi connectivity index (χ0n) is 16.8. The molecule has 0 fully saturated rings. The first-order chi connectivity index (χ1) is 14.6. The second-order valence-electron chi connectivity index (χ2n) is 7.34. The van der Waals surface area contributed by atoms with E-state index < -0.39 is 5.31 Å². The summed E-state index contributed by atoms with van der Waals surface area (Å²) in [6, 6.07) is 37.3. The molecule has 0 heterocycles. The van der Waals surface area contributed by atoms with Crippen LogP contribution in [0.25, 0.3) is 0 Å². The molecule has 30 heavy (non-hydrogen) atoms. The zero-order valence-corrected chi connectivity index (χ0v) is 19.3. The summed E-state index contributed by atoms with van der Waals surface area (Å²) in [6.45, 7) is 0. The van der Waals surface area contributed by atoms with E-state index in [1.54, 1.807) is 13.2 Å². The van der Waals surface area contributed by atoms with Gasteiger partial charge in [-0.25, -0.2) is 0 Å². The van der Waals surface area contributed by atoms with Crippen LogP contribution < -0.4 is 20.7 Å². The maximum atomic E-state index is 10.9. The molecule has 0 atom stereocenters. The average Bonchev–Trinajstić information content (AvgIpc) is 2.82. The Bertz CT molecular complexity index is 1030. The average molecular weight is 479 g/mol. The van der Waals surface area contributed by atoms with Crippen LogP contribution in [0.3, 0.4) is 0 Å². The number of hydrogen-bond acceptors (Lipinski definition) is 2. The van der Waals surface area contributed by atoms with E-state index in [0.717, 1.165) is 5.56 Å². The molecular weight excluding hydrogens is 455 g/mol. The van der Waals surface area contributed by atoms with E-state index in [9.17, 15) is 5.11 Å². The van der Waals surface area contributed by atoms with Crippen molar-refractivity contribution in [3.8, 4) is 11.5 Å². The van der Waals surface area contributed by atoms with Gasteiger partial charge in [0.05, 0.1) is 0 Å². The topological polar surface area (TPSA) is 29.5 Å². The number of phenols is 1. The summed E-state index contributed by atoms with van der Waals surface area (Å²) < 4.78 is 5.30. The summed E-state index contributed by atoms with van der Waals surface area (Å²) in [4.78, 5) is 0. The van der Waals surface area contributed by atoms with Crippen molar-refractivity contribution in [2.45, 2.75) is 6.16 Å². The van der Waals surface area contributed by atoms with Gasteiger partial charge in [0.15, 0.2) is 0 Å². The van der Waals surface area contributed by atoms with E-state index in [4.69, 9.17) is 4.74 Å². The SMILES string of the molecule is COc1ccc(CP(Br)(c2ccccc2)(c2ccccc2)c2ccccc2)c(O)c1. The first kappa shape index (κ1) is 20.7. The van der Waals surface area contributed by atoms with Gasteiger partial charge >= 0.3 is 186 Å². The Hall–Kier alpha value is -2.61. The standard InChI is InChI=1S/C26H24BrO2P/c1-29-22-18-17-21(26(28)19-22)20-30(27,23-11-5-2-6-12-23,24-13-7-3-8-14-24)25-15-9-4-10-16-25/h2-19,28H,20H2,1H3. The maximum absolute atomic E-state index is 10.9. The summed E-state index contributed by atoms with van der Waals surface area (Å²) in [5.74, 6) is 0.885. The second kappa shape index (κ2) is 8.26. The molecule has 0 amide bonds. The van der Waals surface area contributed by atoms with Gasteiger partial charge in [0.1, 0.15) is 0 Å². The van der Waals surface area contributed by atoms with Crippen LogP contribution >= 0.6 is 20.8 Å². The van der Waals surface area contributed by atoms with Crippen molar-refractivity contribution in [2.24, 2.45) is 0 Å². The molecule has 0 aliphatic carbocycles. The van der Waals surface area contributed by atoms with E-state index in [1.807, 2.05) is 30.3 Å². The normalized spacial score (nSPS) is 12.7. The predicted molar refractivity (Wildman–Crippen MR) is 132 cm³/mol. The van der Waals surface area contributed by atoms with Crippen LogP contribution in [0.2, 0.25) is 0 Å². The molecule has 0 bridgehead atoms. The monoisotopic (exact) mass is 478 g/mol.